The first-order chi connectivity index (χ1) is 8.60. The lowest BCUT2D eigenvalue weighted by molar-refractivity contribution is 0.578. The Kier molecular flexibility index (Phi) is 4.95. The lowest BCUT2D eigenvalue weighted by Crippen LogP contribution is -2.19. The highest BCUT2D eigenvalue weighted by molar-refractivity contribution is 9.10. The zero-order valence-electron chi connectivity index (χ0n) is 9.71. The monoisotopic (exact) mass is 391 g/mol. The summed E-state index contributed by atoms with van der Waals surface area (Å²) in [7, 11) is 1.89. The average Bonchev–Trinajstić information content (AvgIpc) is 2.75. The van der Waals surface area contributed by atoms with Crippen LogP contribution in [0, 0.1) is 5.82 Å². The third kappa shape index (κ3) is 3.41. The molecule has 0 fully saturated rings. The van der Waals surface area contributed by atoms with Crippen molar-refractivity contribution in [2.45, 2.75) is 12.5 Å². The predicted octanol–water partition coefficient (Wildman–Crippen LogP) is 4.92. The number of nitrogens with one attached hydrogen (secondary N) is 1. The van der Waals surface area contributed by atoms with E-state index in [1.54, 1.807) is 23.5 Å². The second kappa shape index (κ2) is 6.28. The Morgan fingerprint density at radius 1 is 1.33 bits per heavy atom. The van der Waals surface area contributed by atoms with Crippen LogP contribution in [0.4, 0.5) is 4.39 Å². The topological polar surface area (TPSA) is 12.0 Å². The van der Waals surface area contributed by atoms with Gasteiger partial charge in [0, 0.05) is 31.7 Å². The number of rotatable bonds is 4. The molecule has 0 bridgehead atoms. The molecule has 1 N–H and O–H groups in total. The Labute approximate surface area is 127 Å². The summed E-state index contributed by atoms with van der Waals surface area (Å²) in [6.45, 7) is 0. The maximum Gasteiger partial charge on any atom is 0.123 e. The molecule has 0 spiro atoms. The van der Waals surface area contributed by atoms with E-state index in [1.807, 2.05) is 7.05 Å². The highest BCUT2D eigenvalue weighted by Crippen LogP contribution is 2.29. The van der Waals surface area contributed by atoms with Gasteiger partial charge in [0.1, 0.15) is 5.82 Å². The number of hydrogen-bond donors (Lipinski definition) is 1. The Morgan fingerprint density at radius 2 is 2.11 bits per heavy atom. The smallest absolute Gasteiger partial charge is 0.123 e. The van der Waals surface area contributed by atoms with Crippen molar-refractivity contribution in [1.82, 2.24) is 5.32 Å². The van der Waals surface area contributed by atoms with Gasteiger partial charge in [0.15, 0.2) is 0 Å². The molecule has 0 aliphatic heterocycles. The van der Waals surface area contributed by atoms with Crippen molar-refractivity contribution >= 4 is 43.2 Å². The summed E-state index contributed by atoms with van der Waals surface area (Å²) < 4.78 is 15.4. The lowest BCUT2D eigenvalue weighted by Gasteiger charge is -2.17. The van der Waals surface area contributed by atoms with E-state index < -0.39 is 0 Å². The van der Waals surface area contributed by atoms with Crippen molar-refractivity contribution in [3.8, 4) is 0 Å². The Morgan fingerprint density at radius 3 is 2.72 bits per heavy atom. The third-order valence-electron chi connectivity index (χ3n) is 2.71. The predicted molar refractivity (Wildman–Crippen MR) is 81.6 cm³/mol. The molecule has 0 radical (unpaired) electrons. The quantitative estimate of drug-likeness (QED) is 0.778. The fourth-order valence-corrected chi connectivity index (χ4v) is 3.83. The fourth-order valence-electron chi connectivity index (χ4n) is 1.81. The van der Waals surface area contributed by atoms with Crippen LogP contribution in [0.3, 0.4) is 0 Å². The number of hydrogen-bond acceptors (Lipinski definition) is 2. The van der Waals surface area contributed by atoms with E-state index in [0.717, 1.165) is 20.9 Å². The summed E-state index contributed by atoms with van der Waals surface area (Å²) in [5.41, 5.74) is 0.946. The van der Waals surface area contributed by atoms with Gasteiger partial charge in [-0.15, -0.1) is 11.3 Å². The lowest BCUT2D eigenvalue weighted by atomic mass is 10.0. The highest BCUT2D eigenvalue weighted by Gasteiger charge is 2.15. The first-order valence-corrected chi connectivity index (χ1v) is 7.92. The molecule has 0 aliphatic rings. The van der Waals surface area contributed by atoms with Crippen LogP contribution in [0.5, 0.6) is 0 Å². The normalized spacial score (nSPS) is 12.7. The Balaban J connectivity index is 2.25. The SMILES string of the molecule is CNC(Cc1cc(Br)cs1)c1cc(F)ccc1Br. The van der Waals surface area contributed by atoms with Crippen LogP contribution in [0.25, 0.3) is 0 Å². The molecule has 18 heavy (non-hydrogen) atoms. The molecule has 1 heterocycles. The largest absolute Gasteiger partial charge is 0.313 e. The molecule has 1 unspecified atom stereocenters. The highest BCUT2D eigenvalue weighted by atomic mass is 79.9. The molecule has 0 aliphatic carbocycles. The molecule has 96 valence electrons. The van der Waals surface area contributed by atoms with E-state index >= 15 is 0 Å². The van der Waals surface area contributed by atoms with Crippen LogP contribution >= 0.6 is 43.2 Å². The van der Waals surface area contributed by atoms with Gasteiger partial charge in [0.05, 0.1) is 0 Å². The molecule has 1 aromatic heterocycles. The second-order valence-electron chi connectivity index (χ2n) is 3.94. The van der Waals surface area contributed by atoms with Gasteiger partial charge >= 0.3 is 0 Å². The molecule has 2 rings (SSSR count). The molecular formula is C13H12Br2FNS. The summed E-state index contributed by atoms with van der Waals surface area (Å²) in [5, 5.41) is 5.30. The van der Waals surface area contributed by atoms with E-state index in [-0.39, 0.29) is 11.9 Å². The van der Waals surface area contributed by atoms with Gasteiger partial charge in [-0.1, -0.05) is 15.9 Å². The van der Waals surface area contributed by atoms with Gasteiger partial charge in [-0.2, -0.15) is 0 Å². The van der Waals surface area contributed by atoms with Crippen LogP contribution < -0.4 is 5.32 Å². The Hall–Kier alpha value is -0.230. The third-order valence-corrected chi connectivity index (χ3v) is 5.15. The van der Waals surface area contributed by atoms with Crippen molar-refractivity contribution < 1.29 is 4.39 Å². The minimum atomic E-state index is -0.208. The summed E-state index contributed by atoms with van der Waals surface area (Å²) in [4.78, 5) is 1.26. The molecule has 1 nitrogen and oxygen atoms in total. The summed E-state index contributed by atoms with van der Waals surface area (Å²) in [6.07, 6.45) is 0.842. The minimum Gasteiger partial charge on any atom is -0.313 e. The molecule has 0 amide bonds. The summed E-state index contributed by atoms with van der Waals surface area (Å²) in [5.74, 6) is -0.208. The first kappa shape index (κ1) is 14.2. The number of benzene rings is 1. The first-order valence-electron chi connectivity index (χ1n) is 5.45. The molecule has 1 aromatic carbocycles. The summed E-state index contributed by atoms with van der Waals surface area (Å²) in [6, 6.07) is 6.98. The van der Waals surface area contributed by atoms with Gasteiger partial charge in [-0.25, -0.2) is 4.39 Å². The molecule has 1 atom stereocenters. The number of thiophene rings is 1. The standard InChI is InChI=1S/C13H12Br2FNS/c1-17-13(6-10-4-8(14)7-18-10)11-5-9(16)2-3-12(11)15/h2-5,7,13,17H,6H2,1H3. The van der Waals surface area contributed by atoms with Crippen molar-refractivity contribution in [2.24, 2.45) is 0 Å². The van der Waals surface area contributed by atoms with E-state index in [4.69, 9.17) is 0 Å². The maximum atomic E-state index is 13.3. The van der Waals surface area contributed by atoms with Crippen LogP contribution in [0.2, 0.25) is 0 Å². The molecule has 5 heteroatoms. The van der Waals surface area contributed by atoms with Crippen molar-refractivity contribution in [3.63, 3.8) is 0 Å². The maximum absolute atomic E-state index is 13.3. The zero-order valence-corrected chi connectivity index (χ0v) is 13.7. The van der Waals surface area contributed by atoms with E-state index in [9.17, 15) is 4.39 Å². The second-order valence-corrected chi connectivity index (χ2v) is 6.71. The van der Waals surface area contributed by atoms with Gasteiger partial charge < -0.3 is 5.32 Å². The van der Waals surface area contributed by atoms with Crippen molar-refractivity contribution in [3.05, 3.63) is 54.8 Å². The average molecular weight is 393 g/mol. The van der Waals surface area contributed by atoms with Gasteiger partial charge in [0.2, 0.25) is 0 Å². The molecule has 0 saturated carbocycles. The molecule has 0 saturated heterocycles. The Bertz CT molecular complexity index is 542. The van der Waals surface area contributed by atoms with Gasteiger partial charge in [-0.3, -0.25) is 0 Å². The van der Waals surface area contributed by atoms with Crippen LogP contribution in [-0.2, 0) is 6.42 Å². The van der Waals surface area contributed by atoms with Gasteiger partial charge in [-0.05, 0) is 52.8 Å². The number of halogens is 3. The zero-order chi connectivity index (χ0) is 13.1. The van der Waals surface area contributed by atoms with Crippen molar-refractivity contribution in [1.29, 1.82) is 0 Å². The van der Waals surface area contributed by atoms with Gasteiger partial charge in [0.25, 0.3) is 0 Å². The number of likely N-dealkylation sites (N-methyl/N-ethyl adjacent to an activating group) is 1. The molecular weight excluding hydrogens is 381 g/mol. The van der Waals surface area contributed by atoms with Crippen molar-refractivity contribution in [2.75, 3.05) is 7.05 Å². The minimum absolute atomic E-state index is 0.0978. The van der Waals surface area contributed by atoms with Crippen LogP contribution in [-0.4, -0.2) is 7.05 Å². The summed E-state index contributed by atoms with van der Waals surface area (Å²) >= 11 is 8.63. The van der Waals surface area contributed by atoms with E-state index in [1.165, 1.54) is 10.9 Å². The van der Waals surface area contributed by atoms with Crippen LogP contribution in [0.1, 0.15) is 16.5 Å². The van der Waals surface area contributed by atoms with E-state index in [0.29, 0.717) is 0 Å². The molecule has 2 aromatic rings. The van der Waals surface area contributed by atoms with E-state index in [2.05, 4.69) is 48.6 Å². The fraction of sp³-hybridized carbons (Fsp3) is 0.231. The van der Waals surface area contributed by atoms with Crippen LogP contribution in [0.15, 0.2) is 38.6 Å².